The summed E-state index contributed by atoms with van der Waals surface area (Å²) in [6, 6.07) is 8.43. The van der Waals surface area contributed by atoms with Crippen molar-refractivity contribution in [3.8, 4) is 0 Å². The molecule has 0 aromatic heterocycles. The van der Waals surface area contributed by atoms with Crippen molar-refractivity contribution in [1.82, 2.24) is 20.7 Å². The highest BCUT2D eigenvalue weighted by molar-refractivity contribution is 6.08. The van der Waals surface area contributed by atoms with Gasteiger partial charge in [-0.25, -0.2) is 4.79 Å². The number of rotatable bonds is 5. The van der Waals surface area contributed by atoms with E-state index in [2.05, 4.69) is 10.7 Å². The highest BCUT2D eigenvalue weighted by atomic mass is 16.5. The maximum absolute atomic E-state index is 12.9. The van der Waals surface area contributed by atoms with Gasteiger partial charge in [-0.1, -0.05) is 37.3 Å². The average Bonchev–Trinajstić information content (AvgIpc) is 2.88. The van der Waals surface area contributed by atoms with Crippen LogP contribution in [0.25, 0.3) is 0 Å². The minimum Gasteiger partial charge on any atom is -0.379 e. The molecule has 1 atom stereocenters. The zero-order valence-electron chi connectivity index (χ0n) is 14.2. The largest absolute Gasteiger partial charge is 0.379 e. The number of morpholine rings is 1. The fourth-order valence-corrected chi connectivity index (χ4v) is 3.16. The van der Waals surface area contributed by atoms with Crippen molar-refractivity contribution in [3.63, 3.8) is 0 Å². The first-order valence-corrected chi connectivity index (χ1v) is 8.38. The Labute approximate surface area is 146 Å². The Kier molecular flexibility index (Phi) is 5.00. The standard InChI is InChI=1S/C17H22N4O4/c1-2-17(13-6-4-3-5-7-13)15(23)21(16(24)18-17)19-14(22)12-20-8-10-25-11-9-20/h3-7H,2,8-12H2,1H3,(H,18,24)(H,19,22)/t17-/m1/s1. The van der Waals surface area contributed by atoms with E-state index in [1.165, 1.54) is 0 Å². The van der Waals surface area contributed by atoms with Crippen LogP contribution in [0.5, 0.6) is 0 Å². The van der Waals surface area contributed by atoms with Crippen LogP contribution in [-0.4, -0.2) is 60.6 Å². The normalized spacial score (nSPS) is 24.3. The van der Waals surface area contributed by atoms with Crippen molar-refractivity contribution in [1.29, 1.82) is 0 Å². The minimum atomic E-state index is -1.15. The fraction of sp³-hybridized carbons (Fsp3) is 0.471. The molecular weight excluding hydrogens is 324 g/mol. The third-order valence-electron chi connectivity index (χ3n) is 4.60. The molecule has 1 aromatic carbocycles. The van der Waals surface area contributed by atoms with E-state index in [1.54, 1.807) is 12.1 Å². The van der Waals surface area contributed by atoms with Crippen LogP contribution in [0, 0.1) is 0 Å². The van der Waals surface area contributed by atoms with Crippen LogP contribution in [0.2, 0.25) is 0 Å². The zero-order chi connectivity index (χ0) is 17.9. The summed E-state index contributed by atoms with van der Waals surface area (Å²) >= 11 is 0. The summed E-state index contributed by atoms with van der Waals surface area (Å²) in [6.45, 7) is 4.38. The van der Waals surface area contributed by atoms with E-state index in [4.69, 9.17) is 4.74 Å². The van der Waals surface area contributed by atoms with E-state index in [-0.39, 0.29) is 6.54 Å². The van der Waals surface area contributed by atoms with Crippen molar-refractivity contribution < 1.29 is 19.1 Å². The lowest BCUT2D eigenvalue weighted by Crippen LogP contribution is -2.52. The molecule has 8 heteroatoms. The van der Waals surface area contributed by atoms with Crippen molar-refractivity contribution in [2.75, 3.05) is 32.8 Å². The fourth-order valence-electron chi connectivity index (χ4n) is 3.16. The molecule has 0 saturated carbocycles. The third kappa shape index (κ3) is 3.35. The van der Waals surface area contributed by atoms with Gasteiger partial charge in [0.2, 0.25) is 0 Å². The van der Waals surface area contributed by atoms with E-state index in [0.717, 1.165) is 5.01 Å². The van der Waals surface area contributed by atoms with E-state index >= 15 is 0 Å². The Morgan fingerprint density at radius 3 is 2.56 bits per heavy atom. The lowest BCUT2D eigenvalue weighted by atomic mass is 9.87. The van der Waals surface area contributed by atoms with Crippen LogP contribution in [0.15, 0.2) is 30.3 Å². The molecular formula is C17H22N4O4. The summed E-state index contributed by atoms with van der Waals surface area (Å²) < 4.78 is 5.24. The third-order valence-corrected chi connectivity index (χ3v) is 4.60. The zero-order valence-corrected chi connectivity index (χ0v) is 14.2. The second-order valence-corrected chi connectivity index (χ2v) is 6.12. The first-order valence-electron chi connectivity index (χ1n) is 8.38. The highest BCUT2D eigenvalue weighted by Crippen LogP contribution is 2.31. The predicted octanol–water partition coefficient (Wildman–Crippen LogP) is 0.207. The van der Waals surface area contributed by atoms with Crippen molar-refractivity contribution in [3.05, 3.63) is 35.9 Å². The number of carbonyl (C=O) groups is 3. The van der Waals surface area contributed by atoms with Crippen LogP contribution >= 0.6 is 0 Å². The van der Waals surface area contributed by atoms with Gasteiger partial charge >= 0.3 is 6.03 Å². The number of carbonyl (C=O) groups excluding carboxylic acids is 3. The Hall–Kier alpha value is -2.45. The summed E-state index contributed by atoms with van der Waals surface area (Å²) in [5, 5.41) is 3.52. The molecule has 25 heavy (non-hydrogen) atoms. The average molecular weight is 346 g/mol. The number of hydrogen-bond donors (Lipinski definition) is 2. The highest BCUT2D eigenvalue weighted by Gasteiger charge is 2.52. The van der Waals surface area contributed by atoms with E-state index in [0.29, 0.717) is 38.3 Å². The summed E-state index contributed by atoms with van der Waals surface area (Å²) in [5.74, 6) is -0.869. The van der Waals surface area contributed by atoms with Gasteiger partial charge in [0.1, 0.15) is 5.54 Å². The molecule has 4 amide bonds. The molecule has 0 bridgehead atoms. The predicted molar refractivity (Wildman–Crippen MR) is 89.2 cm³/mol. The number of imide groups is 1. The number of benzene rings is 1. The molecule has 2 fully saturated rings. The minimum absolute atomic E-state index is 0.116. The topological polar surface area (TPSA) is 91.0 Å². The second-order valence-electron chi connectivity index (χ2n) is 6.12. The molecule has 0 spiro atoms. The lowest BCUT2D eigenvalue weighted by molar-refractivity contribution is -0.140. The molecule has 134 valence electrons. The number of urea groups is 1. The van der Waals surface area contributed by atoms with Crippen molar-refractivity contribution in [2.45, 2.75) is 18.9 Å². The quantitative estimate of drug-likeness (QED) is 0.744. The Morgan fingerprint density at radius 1 is 1.24 bits per heavy atom. The molecule has 1 aromatic rings. The molecule has 0 aliphatic carbocycles. The molecule has 0 unspecified atom stereocenters. The van der Waals surface area contributed by atoms with Gasteiger partial charge in [-0.2, -0.15) is 5.01 Å². The lowest BCUT2D eigenvalue weighted by Gasteiger charge is -2.27. The molecule has 8 nitrogen and oxygen atoms in total. The number of ether oxygens (including phenoxy) is 1. The molecule has 2 aliphatic rings. The molecule has 0 radical (unpaired) electrons. The van der Waals surface area contributed by atoms with Gasteiger partial charge in [-0.3, -0.25) is 19.9 Å². The van der Waals surface area contributed by atoms with Gasteiger partial charge < -0.3 is 10.1 Å². The number of nitrogens with zero attached hydrogens (tertiary/aromatic N) is 2. The summed E-state index contributed by atoms with van der Waals surface area (Å²) in [6.07, 6.45) is 0.386. The molecule has 2 N–H and O–H groups in total. The second kappa shape index (κ2) is 7.20. The number of hydrazine groups is 1. The van der Waals surface area contributed by atoms with E-state index in [9.17, 15) is 14.4 Å². The Balaban J connectivity index is 1.71. The smallest absolute Gasteiger partial charge is 0.344 e. The van der Waals surface area contributed by atoms with Gasteiger partial charge in [-0.15, -0.1) is 0 Å². The van der Waals surface area contributed by atoms with Gasteiger partial charge in [-0.05, 0) is 12.0 Å². The first kappa shape index (κ1) is 17.4. The number of hydrogen-bond acceptors (Lipinski definition) is 5. The molecule has 3 rings (SSSR count). The van der Waals surface area contributed by atoms with Gasteiger partial charge in [0.25, 0.3) is 11.8 Å². The van der Waals surface area contributed by atoms with Crippen LogP contribution in [0.4, 0.5) is 4.79 Å². The van der Waals surface area contributed by atoms with Crippen LogP contribution in [0.3, 0.4) is 0 Å². The Bertz CT molecular complexity index is 660. The van der Waals surface area contributed by atoms with Crippen LogP contribution in [-0.2, 0) is 19.9 Å². The first-order chi connectivity index (χ1) is 12.1. The van der Waals surface area contributed by atoms with Crippen molar-refractivity contribution in [2.24, 2.45) is 0 Å². The van der Waals surface area contributed by atoms with Gasteiger partial charge in [0.05, 0.1) is 19.8 Å². The van der Waals surface area contributed by atoms with Gasteiger partial charge in [0, 0.05) is 13.1 Å². The van der Waals surface area contributed by atoms with E-state index in [1.807, 2.05) is 30.0 Å². The maximum atomic E-state index is 12.9. The summed E-state index contributed by atoms with van der Waals surface area (Å²) in [7, 11) is 0. The maximum Gasteiger partial charge on any atom is 0.344 e. The van der Waals surface area contributed by atoms with Crippen LogP contribution in [0.1, 0.15) is 18.9 Å². The monoisotopic (exact) mass is 346 g/mol. The SMILES string of the molecule is CC[C@]1(c2ccccc2)NC(=O)N(NC(=O)CN2CCOCC2)C1=O. The van der Waals surface area contributed by atoms with Crippen molar-refractivity contribution >= 4 is 17.8 Å². The Morgan fingerprint density at radius 2 is 1.92 bits per heavy atom. The summed E-state index contributed by atoms with van der Waals surface area (Å²) in [4.78, 5) is 39.3. The van der Waals surface area contributed by atoms with Gasteiger partial charge in [0.15, 0.2) is 0 Å². The number of amides is 4. The van der Waals surface area contributed by atoms with E-state index < -0.39 is 23.4 Å². The van der Waals surface area contributed by atoms with Crippen LogP contribution < -0.4 is 10.7 Å². The number of nitrogens with one attached hydrogen (secondary N) is 2. The molecule has 2 heterocycles. The molecule has 2 aliphatic heterocycles. The summed E-state index contributed by atoms with van der Waals surface area (Å²) in [5.41, 5.74) is 1.98. The molecule has 2 saturated heterocycles.